The second-order valence-corrected chi connectivity index (χ2v) is 9.60. The fourth-order valence-electron chi connectivity index (χ4n) is 4.17. The van der Waals surface area contributed by atoms with Gasteiger partial charge in [-0.25, -0.2) is 8.42 Å². The van der Waals surface area contributed by atoms with Gasteiger partial charge >= 0.3 is 0 Å². The molecule has 0 aromatic heterocycles. The molecule has 2 aromatic carbocycles. The lowest BCUT2D eigenvalue weighted by Gasteiger charge is -2.39. The van der Waals surface area contributed by atoms with Gasteiger partial charge in [0.2, 0.25) is 15.9 Å². The summed E-state index contributed by atoms with van der Waals surface area (Å²) in [5, 5.41) is 0. The number of fused-ring (bicyclic) bond motifs is 1. The minimum Gasteiger partial charge on any atom is -0.497 e. The van der Waals surface area contributed by atoms with E-state index in [4.69, 9.17) is 4.74 Å². The first-order chi connectivity index (χ1) is 14.5. The number of carbonyl (C=O) groups excluding carboxylic acids is 1. The summed E-state index contributed by atoms with van der Waals surface area (Å²) >= 11 is 0. The predicted octanol–water partition coefficient (Wildman–Crippen LogP) is 1.80. The molecule has 2 aliphatic rings. The van der Waals surface area contributed by atoms with Gasteiger partial charge in [-0.3, -0.25) is 9.69 Å². The summed E-state index contributed by atoms with van der Waals surface area (Å²) in [6, 6.07) is 16.1. The van der Waals surface area contributed by atoms with Crippen LogP contribution < -0.4 is 4.74 Å². The van der Waals surface area contributed by atoms with Crippen molar-refractivity contribution in [3.05, 3.63) is 60.2 Å². The monoisotopic (exact) mass is 429 g/mol. The lowest BCUT2D eigenvalue weighted by atomic mass is 10.1. The molecule has 0 N–H and O–H groups in total. The average molecular weight is 430 g/mol. The summed E-state index contributed by atoms with van der Waals surface area (Å²) in [5.74, 6) is 0.708. The zero-order valence-electron chi connectivity index (χ0n) is 17.1. The zero-order valence-corrected chi connectivity index (χ0v) is 17.9. The number of ether oxygens (including phenoxy) is 1. The van der Waals surface area contributed by atoms with Crippen LogP contribution >= 0.6 is 0 Å². The van der Waals surface area contributed by atoms with Crippen molar-refractivity contribution >= 4 is 15.9 Å². The van der Waals surface area contributed by atoms with Crippen molar-refractivity contribution < 1.29 is 17.9 Å². The van der Waals surface area contributed by atoms with Gasteiger partial charge in [0.1, 0.15) is 5.75 Å². The molecule has 30 heavy (non-hydrogen) atoms. The third-order valence-corrected chi connectivity index (χ3v) is 7.81. The number of nitrogens with zero attached hydrogens (tertiary/aromatic N) is 3. The molecule has 0 spiro atoms. The van der Waals surface area contributed by atoms with Gasteiger partial charge in [-0.15, -0.1) is 0 Å². The molecule has 1 unspecified atom stereocenters. The first kappa shape index (κ1) is 20.8. The lowest BCUT2D eigenvalue weighted by molar-refractivity contribution is -0.142. The van der Waals surface area contributed by atoms with Gasteiger partial charge in [-0.1, -0.05) is 30.3 Å². The van der Waals surface area contributed by atoms with E-state index in [1.807, 2.05) is 35.2 Å². The number of benzene rings is 2. The third-order valence-electron chi connectivity index (χ3n) is 5.90. The van der Waals surface area contributed by atoms with Crippen LogP contribution in [0.25, 0.3) is 0 Å². The fraction of sp³-hybridized carbons (Fsp3) is 0.409. The molecule has 2 heterocycles. The Balaban J connectivity index is 1.46. The SMILES string of the molecule is COc1ccc(S(=O)(=O)N2CCC3C(=O)N(Cc4ccccc4)CCN3CC2)cc1. The Hall–Kier alpha value is -2.42. The van der Waals surface area contributed by atoms with Gasteiger partial charge in [0.05, 0.1) is 18.0 Å². The van der Waals surface area contributed by atoms with Crippen LogP contribution in [0.2, 0.25) is 0 Å². The molecule has 4 rings (SSSR count). The number of amides is 1. The second kappa shape index (κ2) is 8.75. The van der Waals surface area contributed by atoms with Gasteiger partial charge in [-0.05, 0) is 36.2 Å². The van der Waals surface area contributed by atoms with Crippen LogP contribution in [0.3, 0.4) is 0 Å². The maximum absolute atomic E-state index is 13.1. The van der Waals surface area contributed by atoms with Crippen LogP contribution in [0.1, 0.15) is 12.0 Å². The first-order valence-electron chi connectivity index (χ1n) is 10.2. The Labute approximate surface area is 177 Å². The van der Waals surface area contributed by atoms with E-state index < -0.39 is 10.0 Å². The Morgan fingerprint density at radius 3 is 2.33 bits per heavy atom. The number of rotatable bonds is 5. The van der Waals surface area contributed by atoms with Crippen LogP contribution in [0.4, 0.5) is 0 Å². The minimum absolute atomic E-state index is 0.0915. The zero-order chi connectivity index (χ0) is 21.1. The van der Waals surface area contributed by atoms with Crippen LogP contribution in [0.15, 0.2) is 59.5 Å². The fourth-order valence-corrected chi connectivity index (χ4v) is 5.62. The molecule has 8 heteroatoms. The highest BCUT2D eigenvalue weighted by molar-refractivity contribution is 7.89. The van der Waals surface area contributed by atoms with Crippen LogP contribution in [0, 0.1) is 0 Å². The lowest BCUT2D eigenvalue weighted by Crippen LogP contribution is -2.56. The largest absolute Gasteiger partial charge is 0.497 e. The van der Waals surface area contributed by atoms with Crippen molar-refractivity contribution in [1.82, 2.24) is 14.1 Å². The number of piperazine rings is 1. The van der Waals surface area contributed by atoms with E-state index >= 15 is 0 Å². The molecule has 2 aromatic rings. The summed E-state index contributed by atoms with van der Waals surface area (Å²) < 4.78 is 32.8. The standard InChI is InChI=1S/C22H27N3O4S/c1-29-19-7-9-20(10-8-19)30(27,28)25-12-11-21-22(26)24(14-13-23(21)15-16-25)17-18-5-3-2-4-6-18/h2-10,21H,11-17H2,1H3. The van der Waals surface area contributed by atoms with E-state index in [1.165, 1.54) is 4.31 Å². The Kier molecular flexibility index (Phi) is 6.08. The van der Waals surface area contributed by atoms with Gasteiger partial charge in [-0.2, -0.15) is 4.31 Å². The van der Waals surface area contributed by atoms with Crippen LogP contribution in [-0.2, 0) is 21.4 Å². The van der Waals surface area contributed by atoms with Gasteiger partial charge in [0.15, 0.2) is 0 Å². The summed E-state index contributed by atoms with van der Waals surface area (Å²) in [6.07, 6.45) is 0.500. The van der Waals surface area contributed by atoms with Crippen LogP contribution in [-0.4, -0.2) is 74.3 Å². The van der Waals surface area contributed by atoms with E-state index in [0.29, 0.717) is 44.9 Å². The molecule has 0 aliphatic carbocycles. The van der Waals surface area contributed by atoms with Gasteiger partial charge in [0, 0.05) is 39.3 Å². The first-order valence-corrected chi connectivity index (χ1v) is 11.6. The molecule has 7 nitrogen and oxygen atoms in total. The molecule has 0 saturated carbocycles. The Morgan fingerprint density at radius 2 is 1.63 bits per heavy atom. The van der Waals surface area contributed by atoms with Crippen molar-refractivity contribution in [3.63, 3.8) is 0 Å². The van der Waals surface area contributed by atoms with Gasteiger partial charge in [0.25, 0.3) is 0 Å². The molecule has 0 radical (unpaired) electrons. The highest BCUT2D eigenvalue weighted by Gasteiger charge is 2.38. The molecule has 2 fully saturated rings. The van der Waals surface area contributed by atoms with Crippen LogP contribution in [0.5, 0.6) is 5.75 Å². The average Bonchev–Trinajstić information content (AvgIpc) is 3.00. The maximum Gasteiger partial charge on any atom is 0.243 e. The molecule has 2 aliphatic heterocycles. The van der Waals surface area contributed by atoms with E-state index in [2.05, 4.69) is 4.90 Å². The molecule has 1 atom stereocenters. The number of sulfonamides is 1. The predicted molar refractivity (Wildman–Crippen MR) is 114 cm³/mol. The number of hydrogen-bond donors (Lipinski definition) is 0. The molecular formula is C22H27N3O4S. The normalized spacial score (nSPS) is 21.2. The summed E-state index contributed by atoms with van der Waals surface area (Å²) in [4.78, 5) is 17.4. The highest BCUT2D eigenvalue weighted by Crippen LogP contribution is 2.24. The van der Waals surface area contributed by atoms with Crippen molar-refractivity contribution in [2.45, 2.75) is 23.9 Å². The molecule has 0 bridgehead atoms. The van der Waals surface area contributed by atoms with Crippen molar-refractivity contribution in [2.75, 3.05) is 39.8 Å². The number of hydrogen-bond acceptors (Lipinski definition) is 5. The molecule has 2 saturated heterocycles. The van der Waals surface area contributed by atoms with E-state index in [0.717, 1.165) is 12.1 Å². The summed E-state index contributed by atoms with van der Waals surface area (Å²) in [5.41, 5.74) is 1.11. The molecule has 1 amide bonds. The second-order valence-electron chi connectivity index (χ2n) is 7.67. The topological polar surface area (TPSA) is 70.2 Å². The van der Waals surface area contributed by atoms with E-state index in [1.54, 1.807) is 31.4 Å². The maximum atomic E-state index is 13.1. The highest BCUT2D eigenvalue weighted by atomic mass is 32.2. The summed E-state index contributed by atoms with van der Waals surface area (Å²) in [7, 11) is -2.06. The van der Waals surface area contributed by atoms with E-state index in [-0.39, 0.29) is 16.8 Å². The van der Waals surface area contributed by atoms with Crippen molar-refractivity contribution in [1.29, 1.82) is 0 Å². The van der Waals surface area contributed by atoms with Crippen molar-refractivity contribution in [3.8, 4) is 5.75 Å². The van der Waals surface area contributed by atoms with E-state index in [9.17, 15) is 13.2 Å². The Morgan fingerprint density at radius 1 is 0.933 bits per heavy atom. The molecular weight excluding hydrogens is 402 g/mol. The Bertz CT molecular complexity index is 979. The van der Waals surface area contributed by atoms with Gasteiger partial charge < -0.3 is 9.64 Å². The third kappa shape index (κ3) is 4.21. The number of carbonyl (C=O) groups is 1. The smallest absolute Gasteiger partial charge is 0.243 e. The summed E-state index contributed by atoms with van der Waals surface area (Å²) in [6.45, 7) is 3.30. The minimum atomic E-state index is -3.61. The molecule has 160 valence electrons. The van der Waals surface area contributed by atoms with Crippen molar-refractivity contribution in [2.24, 2.45) is 0 Å². The quantitative estimate of drug-likeness (QED) is 0.725. The number of methoxy groups -OCH3 is 1.